The second kappa shape index (κ2) is 7.47. The number of aryl methyl sites for hydroxylation is 3. The molecule has 5 heteroatoms. The molecule has 0 unspecified atom stereocenters. The molecule has 0 spiro atoms. The highest BCUT2D eigenvalue weighted by atomic mass is 16.1. The molecule has 2 heterocycles. The van der Waals surface area contributed by atoms with Gasteiger partial charge < -0.3 is 5.32 Å². The highest BCUT2D eigenvalue weighted by Gasteiger charge is 2.07. The number of fused-ring (bicyclic) bond motifs is 1. The number of unbranched alkanes of at least 4 members (excludes halogenated alkanes) is 2. The van der Waals surface area contributed by atoms with Crippen molar-refractivity contribution in [1.82, 2.24) is 14.5 Å². The Balaban J connectivity index is 1.95. The average molecular weight is 336 g/mol. The average Bonchev–Trinajstić information content (AvgIpc) is 2.60. The Hall–Kier alpha value is -2.69. The normalized spacial score (nSPS) is 11.0. The number of nitrogens with one attached hydrogen (secondary N) is 1. The van der Waals surface area contributed by atoms with Gasteiger partial charge in [-0.2, -0.15) is 4.98 Å². The Bertz CT molecular complexity index is 946. The SMILES string of the molecule is CCCCCn1c(=O)ccc2cnc(Nc3ccc(C)c(C)c3)nc21. The van der Waals surface area contributed by atoms with Gasteiger partial charge in [-0.25, -0.2) is 4.98 Å². The summed E-state index contributed by atoms with van der Waals surface area (Å²) in [6, 6.07) is 9.53. The number of nitrogens with zero attached hydrogens (tertiary/aromatic N) is 3. The van der Waals surface area contributed by atoms with E-state index in [0.29, 0.717) is 18.1 Å². The molecule has 0 saturated heterocycles. The summed E-state index contributed by atoms with van der Waals surface area (Å²) in [6.45, 7) is 7.00. The maximum Gasteiger partial charge on any atom is 0.252 e. The standard InChI is InChI=1S/C20H24N4O/c1-4-5-6-11-24-18(25)10-8-16-13-21-20(23-19(16)24)22-17-9-7-14(2)15(3)12-17/h7-10,12-13H,4-6,11H2,1-3H3,(H,21,22,23). The molecule has 0 aliphatic carbocycles. The molecule has 0 bridgehead atoms. The van der Waals surface area contributed by atoms with Crippen molar-refractivity contribution in [2.24, 2.45) is 0 Å². The van der Waals surface area contributed by atoms with Gasteiger partial charge >= 0.3 is 0 Å². The van der Waals surface area contributed by atoms with Gasteiger partial charge in [0, 0.05) is 29.9 Å². The summed E-state index contributed by atoms with van der Waals surface area (Å²) in [5.74, 6) is 0.505. The predicted octanol–water partition coefficient (Wildman–Crippen LogP) is 4.34. The van der Waals surface area contributed by atoms with Crippen LogP contribution in [0.1, 0.15) is 37.3 Å². The highest BCUT2D eigenvalue weighted by Crippen LogP contribution is 2.19. The molecule has 0 amide bonds. The van der Waals surface area contributed by atoms with Crippen molar-refractivity contribution in [3.8, 4) is 0 Å². The summed E-state index contributed by atoms with van der Waals surface area (Å²) >= 11 is 0. The molecule has 2 aromatic heterocycles. The zero-order valence-electron chi connectivity index (χ0n) is 15.0. The van der Waals surface area contributed by atoms with Crippen LogP contribution in [0.5, 0.6) is 0 Å². The molecule has 0 atom stereocenters. The summed E-state index contributed by atoms with van der Waals surface area (Å²) in [5.41, 5.74) is 4.07. The molecule has 5 nitrogen and oxygen atoms in total. The van der Waals surface area contributed by atoms with Crippen molar-refractivity contribution in [2.75, 3.05) is 5.32 Å². The molecule has 130 valence electrons. The van der Waals surface area contributed by atoms with Crippen molar-refractivity contribution in [2.45, 2.75) is 46.6 Å². The number of benzene rings is 1. The van der Waals surface area contributed by atoms with Crippen LogP contribution < -0.4 is 10.9 Å². The van der Waals surface area contributed by atoms with Crippen LogP contribution in [-0.4, -0.2) is 14.5 Å². The Morgan fingerprint density at radius 3 is 2.68 bits per heavy atom. The van der Waals surface area contributed by atoms with Crippen LogP contribution in [0, 0.1) is 13.8 Å². The third-order valence-electron chi connectivity index (χ3n) is 4.47. The van der Waals surface area contributed by atoms with E-state index in [1.165, 1.54) is 11.1 Å². The lowest BCUT2D eigenvalue weighted by atomic mass is 10.1. The fourth-order valence-electron chi connectivity index (χ4n) is 2.82. The van der Waals surface area contributed by atoms with E-state index >= 15 is 0 Å². The molecule has 1 N–H and O–H groups in total. The molecule has 3 rings (SSSR count). The quantitative estimate of drug-likeness (QED) is 0.680. The minimum absolute atomic E-state index is 0.0144. The summed E-state index contributed by atoms with van der Waals surface area (Å²) in [6.07, 6.45) is 4.96. The monoisotopic (exact) mass is 336 g/mol. The van der Waals surface area contributed by atoms with Gasteiger partial charge in [0.05, 0.1) is 0 Å². The van der Waals surface area contributed by atoms with Gasteiger partial charge in [-0.05, 0) is 49.6 Å². The van der Waals surface area contributed by atoms with E-state index < -0.39 is 0 Å². The van der Waals surface area contributed by atoms with Crippen LogP contribution in [-0.2, 0) is 6.54 Å². The molecule has 3 aromatic rings. The van der Waals surface area contributed by atoms with Crippen LogP contribution in [0.3, 0.4) is 0 Å². The van der Waals surface area contributed by atoms with E-state index in [9.17, 15) is 4.79 Å². The first kappa shape index (κ1) is 17.1. The number of rotatable bonds is 6. The Morgan fingerprint density at radius 1 is 1.08 bits per heavy atom. The maximum absolute atomic E-state index is 12.3. The van der Waals surface area contributed by atoms with E-state index in [0.717, 1.165) is 30.3 Å². The van der Waals surface area contributed by atoms with Crippen LogP contribution in [0.25, 0.3) is 11.0 Å². The van der Waals surface area contributed by atoms with Crippen molar-refractivity contribution in [3.05, 3.63) is 58.0 Å². The third-order valence-corrected chi connectivity index (χ3v) is 4.47. The minimum Gasteiger partial charge on any atom is -0.324 e. The van der Waals surface area contributed by atoms with Crippen molar-refractivity contribution >= 4 is 22.7 Å². The Morgan fingerprint density at radius 2 is 1.92 bits per heavy atom. The second-order valence-corrected chi connectivity index (χ2v) is 6.43. The number of hydrogen-bond acceptors (Lipinski definition) is 4. The van der Waals surface area contributed by atoms with Gasteiger partial charge in [0.25, 0.3) is 5.56 Å². The lowest BCUT2D eigenvalue weighted by Gasteiger charge is -2.11. The van der Waals surface area contributed by atoms with Gasteiger partial charge in [-0.3, -0.25) is 9.36 Å². The number of pyridine rings is 1. The summed E-state index contributed by atoms with van der Waals surface area (Å²) in [7, 11) is 0. The fourth-order valence-corrected chi connectivity index (χ4v) is 2.82. The number of anilines is 2. The van der Waals surface area contributed by atoms with E-state index in [4.69, 9.17) is 0 Å². The van der Waals surface area contributed by atoms with Crippen molar-refractivity contribution in [1.29, 1.82) is 0 Å². The van der Waals surface area contributed by atoms with E-state index in [1.54, 1.807) is 22.9 Å². The third kappa shape index (κ3) is 3.87. The Kier molecular flexibility index (Phi) is 5.12. The molecule has 0 aliphatic rings. The summed E-state index contributed by atoms with van der Waals surface area (Å²) in [4.78, 5) is 21.2. The lowest BCUT2D eigenvalue weighted by molar-refractivity contribution is 0.599. The van der Waals surface area contributed by atoms with Gasteiger partial charge in [-0.15, -0.1) is 0 Å². The Labute approximate surface area is 147 Å². The molecule has 0 fully saturated rings. The summed E-state index contributed by atoms with van der Waals surface area (Å²) < 4.78 is 1.75. The first-order valence-electron chi connectivity index (χ1n) is 8.79. The van der Waals surface area contributed by atoms with Crippen LogP contribution in [0.15, 0.2) is 41.3 Å². The topological polar surface area (TPSA) is 59.8 Å². The van der Waals surface area contributed by atoms with Crippen molar-refractivity contribution < 1.29 is 0 Å². The zero-order chi connectivity index (χ0) is 17.8. The first-order valence-corrected chi connectivity index (χ1v) is 8.79. The molecule has 0 aliphatic heterocycles. The van der Waals surface area contributed by atoms with Crippen LogP contribution >= 0.6 is 0 Å². The largest absolute Gasteiger partial charge is 0.324 e. The second-order valence-electron chi connectivity index (χ2n) is 6.43. The summed E-state index contributed by atoms with van der Waals surface area (Å²) in [5, 5.41) is 4.12. The zero-order valence-corrected chi connectivity index (χ0v) is 15.0. The number of aromatic nitrogens is 3. The van der Waals surface area contributed by atoms with Crippen LogP contribution in [0.2, 0.25) is 0 Å². The van der Waals surface area contributed by atoms with Gasteiger partial charge in [0.2, 0.25) is 5.95 Å². The van der Waals surface area contributed by atoms with Crippen molar-refractivity contribution in [3.63, 3.8) is 0 Å². The minimum atomic E-state index is -0.0144. The lowest BCUT2D eigenvalue weighted by Crippen LogP contribution is -2.20. The molecular formula is C20H24N4O. The molecular weight excluding hydrogens is 312 g/mol. The molecule has 25 heavy (non-hydrogen) atoms. The molecule has 0 saturated carbocycles. The van der Waals surface area contributed by atoms with E-state index in [2.05, 4.69) is 48.2 Å². The predicted molar refractivity (Wildman–Crippen MR) is 103 cm³/mol. The fraction of sp³-hybridized carbons (Fsp3) is 0.350. The maximum atomic E-state index is 12.3. The van der Waals surface area contributed by atoms with Crippen LogP contribution in [0.4, 0.5) is 11.6 Å². The van der Waals surface area contributed by atoms with Gasteiger partial charge in [0.15, 0.2) is 0 Å². The molecule has 1 aromatic carbocycles. The van der Waals surface area contributed by atoms with E-state index in [1.807, 2.05) is 6.07 Å². The van der Waals surface area contributed by atoms with Gasteiger partial charge in [0.1, 0.15) is 5.65 Å². The van der Waals surface area contributed by atoms with Gasteiger partial charge in [-0.1, -0.05) is 25.8 Å². The smallest absolute Gasteiger partial charge is 0.252 e. The number of hydrogen-bond donors (Lipinski definition) is 1. The van der Waals surface area contributed by atoms with E-state index in [-0.39, 0.29) is 5.56 Å². The first-order chi connectivity index (χ1) is 12.1. The molecule has 0 radical (unpaired) electrons. The highest BCUT2D eigenvalue weighted by molar-refractivity contribution is 5.75.